The van der Waals surface area contributed by atoms with Gasteiger partial charge in [-0.05, 0) is 24.1 Å². The molecule has 0 unspecified atom stereocenters. The van der Waals surface area contributed by atoms with Gasteiger partial charge in [-0.15, -0.1) is 16.9 Å². The van der Waals surface area contributed by atoms with Crippen LogP contribution in [0, 0.1) is 13.0 Å². The normalized spacial score (nSPS) is 9.95. The van der Waals surface area contributed by atoms with Crippen molar-refractivity contribution in [1.82, 2.24) is 0 Å². The molecule has 101 valence electrons. The van der Waals surface area contributed by atoms with E-state index in [-0.39, 0.29) is 32.7 Å². The van der Waals surface area contributed by atoms with Crippen LogP contribution in [0.2, 0.25) is 0 Å². The molecule has 2 aromatic carbocycles. The first-order valence-electron chi connectivity index (χ1n) is 6.40. The number of benzene rings is 2. The molecule has 0 N–H and O–H groups in total. The van der Waals surface area contributed by atoms with Crippen LogP contribution in [0.25, 0.3) is 21.6 Å². The Kier molecular flexibility index (Phi) is 5.63. The predicted octanol–water partition coefficient (Wildman–Crippen LogP) is 5.00. The molecule has 1 aromatic heterocycles. The fourth-order valence-corrected chi connectivity index (χ4v) is 3.17. The summed E-state index contributed by atoms with van der Waals surface area (Å²) in [7, 11) is 0. The molecule has 0 bridgehead atoms. The summed E-state index contributed by atoms with van der Waals surface area (Å²) in [5.74, 6) is 0. The molecule has 0 saturated carbocycles. The van der Waals surface area contributed by atoms with Crippen LogP contribution in [0.3, 0.4) is 0 Å². The van der Waals surface area contributed by atoms with E-state index in [1.807, 2.05) is 30.3 Å². The molecule has 0 fully saturated rings. The topological polar surface area (TPSA) is 17.1 Å². The summed E-state index contributed by atoms with van der Waals surface area (Å²) in [6, 6.07) is 21.2. The number of aldehydes is 1. The molecule has 0 atom stereocenters. The van der Waals surface area contributed by atoms with Gasteiger partial charge in [-0.3, -0.25) is 4.79 Å². The third kappa shape index (κ3) is 3.57. The fraction of sp³-hybridized carbons (Fsp3) is 0.0556. The minimum atomic E-state index is 0. The number of aryl methyl sites for hydroxylation is 1. The molecule has 0 aliphatic carbocycles. The first-order chi connectivity index (χ1) is 9.78. The summed E-state index contributed by atoms with van der Waals surface area (Å²) < 4.78 is 0. The van der Waals surface area contributed by atoms with Crippen molar-refractivity contribution < 1.29 is 37.5 Å². The second-order valence-corrected chi connectivity index (χ2v) is 5.75. The van der Waals surface area contributed by atoms with E-state index in [0.717, 1.165) is 32.7 Å². The van der Waals surface area contributed by atoms with Crippen LogP contribution in [0.15, 0.2) is 54.6 Å². The Morgan fingerprint density at radius 3 is 2.29 bits per heavy atom. The van der Waals surface area contributed by atoms with Crippen molar-refractivity contribution in [3.63, 3.8) is 0 Å². The smallest absolute Gasteiger partial charge is 0.160 e. The molecule has 1 heterocycles. The van der Waals surface area contributed by atoms with Gasteiger partial charge in [-0.2, -0.15) is 30.3 Å². The number of hydrogen-bond donors (Lipinski definition) is 0. The van der Waals surface area contributed by atoms with E-state index in [4.69, 9.17) is 0 Å². The summed E-state index contributed by atoms with van der Waals surface area (Å²) in [5.41, 5.74) is 4.61. The first kappa shape index (κ1) is 16.3. The largest absolute Gasteiger partial charge is 0.297 e. The summed E-state index contributed by atoms with van der Waals surface area (Å²) in [4.78, 5) is 13.0. The van der Waals surface area contributed by atoms with E-state index >= 15 is 0 Å². The van der Waals surface area contributed by atoms with Crippen LogP contribution < -0.4 is 0 Å². The minimum absolute atomic E-state index is 0. The van der Waals surface area contributed by atoms with Gasteiger partial charge in [0.25, 0.3) is 0 Å². The molecule has 0 spiro atoms. The molecule has 1 radical (unpaired) electrons. The second kappa shape index (κ2) is 7.26. The van der Waals surface area contributed by atoms with Crippen LogP contribution in [0.4, 0.5) is 0 Å². The Bertz CT molecular complexity index is 730. The number of carbonyl (C=O) groups excluding carboxylic acids is 1. The zero-order valence-electron chi connectivity index (χ0n) is 11.7. The Morgan fingerprint density at radius 1 is 1.00 bits per heavy atom. The SMILES string of the molecule is Cc1ccc(-c2cc(C=O)sc2-c2cc[c-]cc2)cc1.[Y]. The maximum atomic E-state index is 11.1. The molecule has 3 aromatic rings. The van der Waals surface area contributed by atoms with Crippen molar-refractivity contribution in [2.45, 2.75) is 6.92 Å². The van der Waals surface area contributed by atoms with Crippen molar-refractivity contribution in [3.05, 3.63) is 71.1 Å². The van der Waals surface area contributed by atoms with Gasteiger partial charge in [0.1, 0.15) is 0 Å². The average Bonchev–Trinajstić information content (AvgIpc) is 2.93. The fourth-order valence-electron chi connectivity index (χ4n) is 2.17. The van der Waals surface area contributed by atoms with Crippen molar-refractivity contribution in [3.8, 4) is 21.6 Å². The predicted molar refractivity (Wildman–Crippen MR) is 84.2 cm³/mol. The summed E-state index contributed by atoms with van der Waals surface area (Å²) in [6.07, 6.45) is 0.918. The molecular weight excluding hydrogens is 353 g/mol. The molecular formula is C18H13OSY-. The number of hydrogen-bond acceptors (Lipinski definition) is 2. The molecule has 0 amide bonds. The van der Waals surface area contributed by atoms with E-state index < -0.39 is 0 Å². The molecule has 3 heteroatoms. The Hall–Kier alpha value is -1.09. The van der Waals surface area contributed by atoms with Gasteiger partial charge in [0, 0.05) is 37.6 Å². The van der Waals surface area contributed by atoms with E-state index in [9.17, 15) is 4.79 Å². The molecule has 0 saturated heterocycles. The molecule has 0 aliphatic rings. The van der Waals surface area contributed by atoms with E-state index in [2.05, 4.69) is 37.3 Å². The van der Waals surface area contributed by atoms with Crippen LogP contribution in [-0.4, -0.2) is 6.29 Å². The third-order valence-electron chi connectivity index (χ3n) is 3.21. The van der Waals surface area contributed by atoms with Gasteiger partial charge < -0.3 is 0 Å². The van der Waals surface area contributed by atoms with Crippen molar-refractivity contribution in [2.75, 3.05) is 0 Å². The van der Waals surface area contributed by atoms with Crippen molar-refractivity contribution >= 4 is 17.6 Å². The zero-order valence-corrected chi connectivity index (χ0v) is 15.3. The van der Waals surface area contributed by atoms with Gasteiger partial charge in [0.05, 0.1) is 4.88 Å². The molecule has 3 rings (SSSR count). The Balaban J connectivity index is 0.00000161. The summed E-state index contributed by atoms with van der Waals surface area (Å²) >= 11 is 1.53. The average molecular weight is 366 g/mol. The molecule has 21 heavy (non-hydrogen) atoms. The Morgan fingerprint density at radius 2 is 1.67 bits per heavy atom. The van der Waals surface area contributed by atoms with Crippen molar-refractivity contribution in [2.24, 2.45) is 0 Å². The van der Waals surface area contributed by atoms with Crippen molar-refractivity contribution in [1.29, 1.82) is 0 Å². The van der Waals surface area contributed by atoms with Crippen LogP contribution in [-0.2, 0) is 32.7 Å². The summed E-state index contributed by atoms with van der Waals surface area (Å²) in [5, 5.41) is 0. The maximum Gasteiger partial charge on any atom is 0.160 e. The first-order valence-corrected chi connectivity index (χ1v) is 7.22. The molecule has 0 aliphatic heterocycles. The monoisotopic (exact) mass is 366 g/mol. The van der Waals surface area contributed by atoms with Crippen LogP contribution in [0.5, 0.6) is 0 Å². The Labute approximate surface area is 153 Å². The van der Waals surface area contributed by atoms with Crippen LogP contribution >= 0.6 is 11.3 Å². The minimum Gasteiger partial charge on any atom is -0.297 e. The van der Waals surface area contributed by atoms with Gasteiger partial charge in [-0.1, -0.05) is 29.8 Å². The van der Waals surface area contributed by atoms with E-state index in [1.165, 1.54) is 16.9 Å². The van der Waals surface area contributed by atoms with Gasteiger partial charge in [0.15, 0.2) is 6.29 Å². The number of thiophene rings is 1. The van der Waals surface area contributed by atoms with E-state index in [0.29, 0.717) is 0 Å². The third-order valence-corrected chi connectivity index (χ3v) is 4.32. The van der Waals surface area contributed by atoms with E-state index in [1.54, 1.807) is 0 Å². The van der Waals surface area contributed by atoms with Gasteiger partial charge in [-0.25, -0.2) is 0 Å². The zero-order chi connectivity index (χ0) is 13.9. The second-order valence-electron chi connectivity index (χ2n) is 4.66. The van der Waals surface area contributed by atoms with Gasteiger partial charge >= 0.3 is 0 Å². The maximum absolute atomic E-state index is 11.1. The summed E-state index contributed by atoms with van der Waals surface area (Å²) in [6.45, 7) is 2.07. The number of rotatable bonds is 3. The molecule has 1 nitrogen and oxygen atoms in total. The van der Waals surface area contributed by atoms with Gasteiger partial charge in [0.2, 0.25) is 0 Å². The quantitative estimate of drug-likeness (QED) is 0.471. The van der Waals surface area contributed by atoms with Crippen LogP contribution in [0.1, 0.15) is 15.2 Å². The standard InChI is InChI=1S/C18H13OS.Y/c1-13-7-9-14(10-8-13)17-11-16(12-19)20-18(17)15-5-3-2-4-6-15;/h3-12H,1H3;/q-1;. The number of carbonyl (C=O) groups is 1.